The van der Waals surface area contributed by atoms with E-state index < -0.39 is 0 Å². The molecule has 0 spiro atoms. The van der Waals surface area contributed by atoms with Gasteiger partial charge in [-0.2, -0.15) is 0 Å². The van der Waals surface area contributed by atoms with Crippen molar-refractivity contribution in [2.45, 2.75) is 12.1 Å². The molecule has 0 fully saturated rings. The van der Waals surface area contributed by atoms with Gasteiger partial charge < -0.3 is 9.73 Å². The number of fused-ring (bicyclic) bond motifs is 1. The monoisotopic (exact) mass is 422 g/mol. The van der Waals surface area contributed by atoms with E-state index in [1.807, 2.05) is 31.2 Å². The van der Waals surface area contributed by atoms with Crippen LogP contribution in [0.15, 0.2) is 40.0 Å². The number of rotatable bonds is 5. The fourth-order valence-electron chi connectivity index (χ4n) is 2.16. The number of thiophene rings is 1. The van der Waals surface area contributed by atoms with E-state index in [1.54, 1.807) is 6.07 Å². The maximum atomic E-state index is 12.1. The minimum absolute atomic E-state index is 0.155. The number of thioether (sulfide) groups is 1. The molecule has 1 amide bonds. The molecule has 0 atom stereocenters. The Bertz CT molecular complexity index is 1090. The van der Waals surface area contributed by atoms with Gasteiger partial charge in [-0.3, -0.25) is 4.79 Å². The van der Waals surface area contributed by atoms with E-state index >= 15 is 0 Å². The highest BCUT2D eigenvalue weighted by Crippen LogP contribution is 2.31. The van der Waals surface area contributed by atoms with Crippen LogP contribution in [0.3, 0.4) is 0 Å². The molecule has 0 saturated heterocycles. The molecule has 0 unspecified atom stereocenters. The first-order valence-electron chi connectivity index (χ1n) is 7.46. The average Bonchev–Trinajstić information content (AvgIpc) is 3.31. The summed E-state index contributed by atoms with van der Waals surface area (Å²) >= 11 is 9.88. The van der Waals surface area contributed by atoms with Crippen LogP contribution in [0.2, 0.25) is 4.34 Å². The van der Waals surface area contributed by atoms with Gasteiger partial charge in [0.25, 0.3) is 11.1 Å². The van der Waals surface area contributed by atoms with E-state index in [9.17, 15) is 4.79 Å². The molecule has 0 aliphatic rings. The SMILES string of the molecule is Cc1ccc2nc(NC(=O)CSc3nnc(-c4ccc(Cl)s4)o3)sc2c1. The van der Waals surface area contributed by atoms with E-state index in [-0.39, 0.29) is 11.7 Å². The van der Waals surface area contributed by atoms with Gasteiger partial charge in [-0.15, -0.1) is 21.5 Å². The van der Waals surface area contributed by atoms with Crippen molar-refractivity contribution in [3.05, 3.63) is 40.2 Å². The van der Waals surface area contributed by atoms with Gasteiger partial charge in [-0.05, 0) is 36.8 Å². The summed E-state index contributed by atoms with van der Waals surface area (Å²) in [5.74, 6) is 0.373. The lowest BCUT2D eigenvalue weighted by Crippen LogP contribution is -2.13. The highest BCUT2D eigenvalue weighted by Gasteiger charge is 2.14. The van der Waals surface area contributed by atoms with Crippen molar-refractivity contribution in [1.29, 1.82) is 0 Å². The van der Waals surface area contributed by atoms with Crippen LogP contribution in [0.25, 0.3) is 21.0 Å². The number of thiazole rings is 1. The van der Waals surface area contributed by atoms with Gasteiger partial charge in [0.15, 0.2) is 5.13 Å². The number of hydrogen-bond donors (Lipinski definition) is 1. The second-order valence-corrected chi connectivity index (χ2v) is 8.98. The lowest BCUT2D eigenvalue weighted by molar-refractivity contribution is -0.113. The molecule has 3 heterocycles. The molecule has 132 valence electrons. The molecule has 0 bridgehead atoms. The quantitative estimate of drug-likeness (QED) is 0.450. The average molecular weight is 423 g/mol. The molecule has 4 aromatic rings. The molecule has 3 aromatic heterocycles. The number of nitrogens with one attached hydrogen (secondary N) is 1. The van der Waals surface area contributed by atoms with Crippen molar-refractivity contribution < 1.29 is 9.21 Å². The molecule has 0 saturated carbocycles. The predicted molar refractivity (Wildman–Crippen MR) is 106 cm³/mol. The molecule has 1 N–H and O–H groups in total. The Kier molecular flexibility index (Phi) is 4.94. The lowest BCUT2D eigenvalue weighted by atomic mass is 10.2. The number of carbonyl (C=O) groups is 1. The van der Waals surface area contributed by atoms with Crippen LogP contribution in [-0.4, -0.2) is 26.8 Å². The third kappa shape index (κ3) is 3.90. The summed E-state index contributed by atoms with van der Waals surface area (Å²) in [6.07, 6.45) is 0. The number of nitrogens with zero attached hydrogens (tertiary/aromatic N) is 3. The summed E-state index contributed by atoms with van der Waals surface area (Å²) in [7, 11) is 0. The standard InChI is InChI=1S/C16H11ClN4O2S3/c1-8-2-3-9-11(6-8)26-15(18-9)19-13(22)7-24-16-21-20-14(23-16)10-4-5-12(17)25-10/h2-6H,7H2,1H3,(H,18,19,22). The van der Waals surface area contributed by atoms with E-state index in [0.29, 0.717) is 20.6 Å². The van der Waals surface area contributed by atoms with Crippen molar-refractivity contribution in [2.24, 2.45) is 0 Å². The number of aryl methyl sites for hydroxylation is 1. The summed E-state index contributed by atoms with van der Waals surface area (Å²) in [6, 6.07) is 9.58. The first-order valence-corrected chi connectivity index (χ1v) is 10.5. The largest absolute Gasteiger partial charge is 0.410 e. The molecule has 0 aliphatic carbocycles. The Labute approximate surface area is 165 Å². The summed E-state index contributed by atoms with van der Waals surface area (Å²) in [4.78, 5) is 17.3. The minimum atomic E-state index is -0.176. The van der Waals surface area contributed by atoms with Crippen molar-refractivity contribution >= 4 is 67.3 Å². The second-order valence-electron chi connectivity index (χ2n) is 5.30. The fraction of sp³-hybridized carbons (Fsp3) is 0.125. The number of carbonyl (C=O) groups excluding carboxylic acids is 1. The zero-order valence-corrected chi connectivity index (χ0v) is 16.6. The van der Waals surface area contributed by atoms with Gasteiger partial charge in [0.2, 0.25) is 5.91 Å². The first kappa shape index (κ1) is 17.5. The second kappa shape index (κ2) is 7.36. The van der Waals surface area contributed by atoms with Crippen molar-refractivity contribution in [3.63, 3.8) is 0 Å². The van der Waals surface area contributed by atoms with Gasteiger partial charge in [0.1, 0.15) is 0 Å². The normalized spacial score (nSPS) is 11.2. The van der Waals surface area contributed by atoms with Crippen LogP contribution in [-0.2, 0) is 4.79 Å². The van der Waals surface area contributed by atoms with Gasteiger partial charge in [0.05, 0.1) is 25.2 Å². The third-order valence-electron chi connectivity index (χ3n) is 3.31. The highest BCUT2D eigenvalue weighted by molar-refractivity contribution is 7.99. The molecule has 0 radical (unpaired) electrons. The van der Waals surface area contributed by atoms with Crippen LogP contribution in [0, 0.1) is 6.92 Å². The topological polar surface area (TPSA) is 80.9 Å². The van der Waals surface area contributed by atoms with E-state index in [1.165, 1.54) is 34.4 Å². The maximum absolute atomic E-state index is 12.1. The summed E-state index contributed by atoms with van der Waals surface area (Å²) in [5.41, 5.74) is 2.04. The van der Waals surface area contributed by atoms with Crippen molar-refractivity contribution in [3.8, 4) is 10.8 Å². The molecule has 0 aliphatic heterocycles. The Morgan fingerprint density at radius 1 is 1.27 bits per heavy atom. The zero-order valence-electron chi connectivity index (χ0n) is 13.4. The summed E-state index contributed by atoms with van der Waals surface area (Å²) in [5, 5.41) is 11.6. The number of hydrogen-bond acceptors (Lipinski definition) is 8. The third-order valence-corrected chi connectivity index (χ3v) is 6.28. The van der Waals surface area contributed by atoms with Crippen LogP contribution < -0.4 is 5.32 Å². The van der Waals surface area contributed by atoms with E-state index in [4.69, 9.17) is 16.0 Å². The Morgan fingerprint density at radius 2 is 2.15 bits per heavy atom. The Morgan fingerprint density at radius 3 is 2.96 bits per heavy atom. The molecule has 10 heteroatoms. The fourth-order valence-corrected chi connectivity index (χ4v) is 4.67. The maximum Gasteiger partial charge on any atom is 0.277 e. The molecule has 1 aromatic carbocycles. The Hall–Kier alpha value is -1.94. The Balaban J connectivity index is 1.37. The predicted octanol–water partition coefficient (Wildman–Crippen LogP) is 5.10. The summed E-state index contributed by atoms with van der Waals surface area (Å²) in [6.45, 7) is 2.02. The van der Waals surface area contributed by atoms with Crippen LogP contribution in [0.5, 0.6) is 0 Å². The minimum Gasteiger partial charge on any atom is -0.410 e. The zero-order chi connectivity index (χ0) is 18.1. The summed E-state index contributed by atoms with van der Waals surface area (Å²) < 4.78 is 7.24. The lowest BCUT2D eigenvalue weighted by Gasteiger charge is -1.98. The number of amides is 1. The van der Waals surface area contributed by atoms with Crippen molar-refractivity contribution in [1.82, 2.24) is 15.2 Å². The van der Waals surface area contributed by atoms with E-state index in [0.717, 1.165) is 20.7 Å². The molecule has 6 nitrogen and oxygen atoms in total. The molecule has 4 rings (SSSR count). The van der Waals surface area contributed by atoms with Crippen molar-refractivity contribution in [2.75, 3.05) is 11.1 Å². The molecular weight excluding hydrogens is 412 g/mol. The smallest absolute Gasteiger partial charge is 0.277 e. The molecular formula is C16H11ClN4O2S3. The van der Waals surface area contributed by atoms with Gasteiger partial charge in [-0.1, -0.05) is 40.8 Å². The van der Waals surface area contributed by atoms with Crippen LogP contribution in [0.1, 0.15) is 5.56 Å². The van der Waals surface area contributed by atoms with Gasteiger partial charge in [-0.25, -0.2) is 4.98 Å². The highest BCUT2D eigenvalue weighted by atomic mass is 35.5. The number of halogens is 1. The van der Waals surface area contributed by atoms with Crippen LogP contribution >= 0.6 is 46.0 Å². The molecule has 26 heavy (non-hydrogen) atoms. The number of aromatic nitrogens is 3. The number of benzene rings is 1. The first-order chi connectivity index (χ1) is 12.6. The van der Waals surface area contributed by atoms with Gasteiger partial charge >= 0.3 is 0 Å². The number of anilines is 1. The van der Waals surface area contributed by atoms with Gasteiger partial charge in [0, 0.05) is 0 Å². The van der Waals surface area contributed by atoms with Crippen LogP contribution in [0.4, 0.5) is 5.13 Å². The van der Waals surface area contributed by atoms with E-state index in [2.05, 4.69) is 20.5 Å².